The molecule has 0 spiro atoms. The van der Waals surface area contributed by atoms with Gasteiger partial charge in [0, 0.05) is 23.3 Å². The molecule has 0 aliphatic heterocycles. The van der Waals surface area contributed by atoms with Gasteiger partial charge in [-0.1, -0.05) is 18.2 Å². The number of thiophene rings is 1. The van der Waals surface area contributed by atoms with E-state index < -0.39 is 10.0 Å². The Morgan fingerprint density at radius 2 is 1.83 bits per heavy atom. The zero-order valence-electron chi connectivity index (χ0n) is 12.0. The molecule has 0 fully saturated rings. The van der Waals surface area contributed by atoms with Crippen LogP contribution in [-0.4, -0.2) is 17.4 Å². The smallest absolute Gasteiger partial charge is 0.237 e. The van der Waals surface area contributed by atoms with Crippen LogP contribution in [0.1, 0.15) is 0 Å². The van der Waals surface area contributed by atoms with Gasteiger partial charge in [0.2, 0.25) is 0 Å². The van der Waals surface area contributed by atoms with Crippen molar-refractivity contribution in [1.82, 2.24) is 8.96 Å². The van der Waals surface area contributed by atoms with Crippen molar-refractivity contribution in [3.63, 3.8) is 0 Å². The lowest BCUT2D eigenvalue weighted by Crippen LogP contribution is -2.12. The fourth-order valence-corrected chi connectivity index (χ4v) is 4.48. The summed E-state index contributed by atoms with van der Waals surface area (Å²) < 4.78 is 26.7. The van der Waals surface area contributed by atoms with Crippen molar-refractivity contribution in [2.24, 2.45) is 0 Å². The second-order valence-corrected chi connectivity index (χ2v) is 7.67. The monoisotopic (exact) mass is 340 g/mol. The summed E-state index contributed by atoms with van der Waals surface area (Å²) in [5.41, 5.74) is 2.50. The lowest BCUT2D eigenvalue weighted by atomic mass is 10.1. The highest BCUT2D eigenvalue weighted by Gasteiger charge is 2.19. The third-order valence-corrected chi connectivity index (χ3v) is 6.01. The summed E-state index contributed by atoms with van der Waals surface area (Å²) in [5, 5.41) is 4.85. The van der Waals surface area contributed by atoms with E-state index in [4.69, 9.17) is 0 Å². The van der Waals surface area contributed by atoms with Crippen LogP contribution in [0.3, 0.4) is 0 Å². The van der Waals surface area contributed by atoms with E-state index in [-0.39, 0.29) is 4.90 Å². The van der Waals surface area contributed by atoms with Gasteiger partial charge in [-0.2, -0.15) is 11.3 Å². The molecule has 0 saturated carbocycles. The van der Waals surface area contributed by atoms with Crippen molar-refractivity contribution in [2.45, 2.75) is 4.90 Å². The normalized spacial score (nSPS) is 11.8. The van der Waals surface area contributed by atoms with Crippen molar-refractivity contribution in [3.8, 4) is 11.1 Å². The largest absolute Gasteiger partial charge is 0.269 e. The van der Waals surface area contributed by atoms with E-state index in [0.717, 1.165) is 16.5 Å². The number of fused-ring (bicyclic) bond motifs is 1. The van der Waals surface area contributed by atoms with Gasteiger partial charge in [0.1, 0.15) is 0 Å². The molecular weight excluding hydrogens is 328 g/mol. The summed E-state index contributed by atoms with van der Waals surface area (Å²) in [6.45, 7) is 0. The van der Waals surface area contributed by atoms with Crippen molar-refractivity contribution in [1.29, 1.82) is 0 Å². The third-order valence-electron chi connectivity index (χ3n) is 3.65. The predicted octanol–water partition coefficient (Wildman–Crippen LogP) is 4.00. The van der Waals surface area contributed by atoms with Crippen LogP contribution in [0.25, 0.3) is 22.2 Å². The Bertz CT molecular complexity index is 1070. The minimum absolute atomic E-state index is 0.251. The Kier molecular flexibility index (Phi) is 3.28. The highest BCUT2D eigenvalue weighted by atomic mass is 32.2. The lowest BCUT2D eigenvalue weighted by molar-refractivity contribution is 0.589. The van der Waals surface area contributed by atoms with Crippen molar-refractivity contribution < 1.29 is 8.42 Å². The molecule has 0 N–H and O–H groups in total. The van der Waals surface area contributed by atoms with Crippen LogP contribution < -0.4 is 0 Å². The summed E-state index contributed by atoms with van der Waals surface area (Å²) in [6, 6.07) is 14.1. The molecule has 0 amide bonds. The standard InChI is InChI=1S/C17H12N2O2S2/c20-23(21,16-4-2-1-3-5-16)19-8-6-13-10-15(11-18-17(13)19)14-7-9-22-12-14/h1-12H. The summed E-state index contributed by atoms with van der Waals surface area (Å²) in [7, 11) is -3.63. The Morgan fingerprint density at radius 1 is 1.00 bits per heavy atom. The van der Waals surface area contributed by atoms with Crippen LogP contribution in [0.4, 0.5) is 0 Å². The van der Waals surface area contributed by atoms with Crippen LogP contribution >= 0.6 is 11.3 Å². The van der Waals surface area contributed by atoms with E-state index in [1.54, 1.807) is 60.1 Å². The second kappa shape index (κ2) is 5.33. The maximum Gasteiger partial charge on any atom is 0.269 e. The van der Waals surface area contributed by atoms with Gasteiger partial charge in [-0.3, -0.25) is 0 Å². The van der Waals surface area contributed by atoms with Crippen molar-refractivity contribution in [3.05, 3.63) is 71.7 Å². The minimum Gasteiger partial charge on any atom is -0.237 e. The Morgan fingerprint density at radius 3 is 2.57 bits per heavy atom. The zero-order valence-corrected chi connectivity index (χ0v) is 13.6. The number of hydrogen-bond donors (Lipinski definition) is 0. The van der Waals surface area contributed by atoms with Gasteiger partial charge in [-0.25, -0.2) is 17.4 Å². The van der Waals surface area contributed by atoms with E-state index in [1.165, 1.54) is 3.97 Å². The molecule has 0 aliphatic rings. The fourth-order valence-electron chi connectivity index (χ4n) is 2.49. The SMILES string of the molecule is O=S(=O)(c1ccccc1)n1ccc2cc(-c3ccsc3)cnc21. The summed E-state index contributed by atoms with van der Waals surface area (Å²) in [4.78, 5) is 4.63. The molecule has 3 aromatic heterocycles. The molecule has 6 heteroatoms. The predicted molar refractivity (Wildman–Crippen MR) is 92.1 cm³/mol. The highest BCUT2D eigenvalue weighted by Crippen LogP contribution is 2.26. The molecule has 0 radical (unpaired) electrons. The van der Waals surface area contributed by atoms with Crippen molar-refractivity contribution in [2.75, 3.05) is 0 Å². The number of rotatable bonds is 3. The van der Waals surface area contributed by atoms with Crippen molar-refractivity contribution >= 4 is 32.4 Å². The van der Waals surface area contributed by atoms with E-state index in [0.29, 0.717) is 5.65 Å². The molecule has 0 saturated heterocycles. The molecule has 0 atom stereocenters. The van der Waals surface area contributed by atoms with Crippen LogP contribution in [0, 0.1) is 0 Å². The van der Waals surface area contributed by atoms with E-state index in [1.807, 2.05) is 22.9 Å². The van der Waals surface area contributed by atoms with Gasteiger partial charge in [0.15, 0.2) is 5.65 Å². The Balaban J connectivity index is 1.87. The summed E-state index contributed by atoms with van der Waals surface area (Å²) >= 11 is 1.62. The van der Waals surface area contributed by atoms with Crippen LogP contribution in [0.2, 0.25) is 0 Å². The topological polar surface area (TPSA) is 52.0 Å². The van der Waals surface area contributed by atoms with Crippen LogP contribution in [-0.2, 0) is 10.0 Å². The number of hydrogen-bond acceptors (Lipinski definition) is 4. The molecule has 1 aromatic carbocycles. The first-order valence-electron chi connectivity index (χ1n) is 6.96. The quantitative estimate of drug-likeness (QED) is 0.566. The molecule has 23 heavy (non-hydrogen) atoms. The molecule has 4 aromatic rings. The molecule has 3 heterocycles. The molecule has 0 aliphatic carbocycles. The Labute approximate surface area is 137 Å². The molecule has 4 rings (SSSR count). The molecular formula is C17H12N2O2S2. The molecule has 4 nitrogen and oxygen atoms in total. The summed E-state index contributed by atoms with van der Waals surface area (Å²) in [5.74, 6) is 0. The van der Waals surface area contributed by atoms with Gasteiger partial charge in [0.05, 0.1) is 4.90 Å². The maximum absolute atomic E-state index is 12.7. The lowest BCUT2D eigenvalue weighted by Gasteiger charge is -2.07. The molecule has 0 unspecified atom stereocenters. The second-order valence-electron chi connectivity index (χ2n) is 5.08. The minimum atomic E-state index is -3.63. The number of benzene rings is 1. The maximum atomic E-state index is 12.7. The van der Waals surface area contributed by atoms with Crippen LogP contribution in [0.15, 0.2) is 76.6 Å². The average molecular weight is 340 g/mol. The highest BCUT2D eigenvalue weighted by molar-refractivity contribution is 7.90. The van der Waals surface area contributed by atoms with E-state index in [9.17, 15) is 8.42 Å². The number of aromatic nitrogens is 2. The van der Waals surface area contributed by atoms with Gasteiger partial charge < -0.3 is 0 Å². The van der Waals surface area contributed by atoms with Gasteiger partial charge >= 0.3 is 0 Å². The van der Waals surface area contributed by atoms with Gasteiger partial charge in [0.25, 0.3) is 10.0 Å². The first kappa shape index (κ1) is 14.2. The summed E-state index contributed by atoms with van der Waals surface area (Å²) in [6.07, 6.45) is 3.26. The molecule has 114 valence electrons. The zero-order chi connectivity index (χ0) is 15.9. The fraction of sp³-hybridized carbons (Fsp3) is 0. The Hall–Kier alpha value is -2.44. The number of pyridine rings is 1. The van der Waals surface area contributed by atoms with Gasteiger partial charge in [-0.05, 0) is 46.7 Å². The average Bonchev–Trinajstić information content (AvgIpc) is 3.25. The van der Waals surface area contributed by atoms with Crippen LogP contribution in [0.5, 0.6) is 0 Å². The first-order valence-corrected chi connectivity index (χ1v) is 9.35. The third kappa shape index (κ3) is 2.36. The first-order chi connectivity index (χ1) is 11.2. The number of nitrogens with zero attached hydrogens (tertiary/aromatic N) is 2. The van der Waals surface area contributed by atoms with E-state index in [2.05, 4.69) is 4.98 Å². The molecule has 0 bridgehead atoms. The van der Waals surface area contributed by atoms with E-state index >= 15 is 0 Å². The van der Waals surface area contributed by atoms with Gasteiger partial charge in [-0.15, -0.1) is 0 Å².